The van der Waals surface area contributed by atoms with Gasteiger partial charge in [0.05, 0.1) is 11.4 Å². The normalized spacial score (nSPS) is 11.5. The van der Waals surface area contributed by atoms with Gasteiger partial charge in [-0.25, -0.2) is 4.98 Å². The van der Waals surface area contributed by atoms with Gasteiger partial charge in [0.15, 0.2) is 0 Å². The number of benzene rings is 3. The van der Waals surface area contributed by atoms with E-state index in [0.717, 1.165) is 16.8 Å². The Morgan fingerprint density at radius 1 is 0.886 bits per heavy atom. The Kier molecular flexibility index (Phi) is 7.81. The highest BCUT2D eigenvalue weighted by Crippen LogP contribution is 2.26. The predicted octanol–water partition coefficient (Wildman–Crippen LogP) is 4.55. The Hall–Kier alpha value is -4.08. The van der Waals surface area contributed by atoms with Crippen LogP contribution in [0.15, 0.2) is 91.1 Å². The summed E-state index contributed by atoms with van der Waals surface area (Å²) in [5.41, 5.74) is 3.79. The summed E-state index contributed by atoms with van der Waals surface area (Å²) in [6.45, 7) is 0. The summed E-state index contributed by atoms with van der Waals surface area (Å²) in [5.74, 6) is 1.14. The lowest BCUT2D eigenvalue weighted by molar-refractivity contribution is -0.117. The van der Waals surface area contributed by atoms with Crippen molar-refractivity contribution in [2.45, 2.75) is 12.8 Å². The van der Waals surface area contributed by atoms with E-state index < -0.39 is 11.3 Å². The third-order valence-corrected chi connectivity index (χ3v) is 5.71. The Bertz CT molecular complexity index is 1320. The molecule has 8 nitrogen and oxygen atoms in total. The smallest absolute Gasteiger partial charge is 0.229 e. The van der Waals surface area contributed by atoms with Gasteiger partial charge in [0, 0.05) is 43.0 Å². The maximum Gasteiger partial charge on any atom is 0.229 e. The highest BCUT2D eigenvalue weighted by molar-refractivity contribution is 7.80. The first kappa shape index (κ1) is 24.1. The number of hydrogen-bond donors (Lipinski definition) is 2. The summed E-state index contributed by atoms with van der Waals surface area (Å²) < 4.78 is 24.4. The van der Waals surface area contributed by atoms with Crippen molar-refractivity contribution in [3.63, 3.8) is 0 Å². The quantitative estimate of drug-likeness (QED) is 0.317. The van der Waals surface area contributed by atoms with Crippen LogP contribution in [0.1, 0.15) is 11.1 Å². The minimum absolute atomic E-state index is 0.166. The van der Waals surface area contributed by atoms with E-state index in [1.165, 1.54) is 0 Å². The number of carbonyl (C=O) groups is 1. The predicted molar refractivity (Wildman–Crippen MR) is 138 cm³/mol. The number of nitrogens with zero attached hydrogens (tertiary/aromatic N) is 3. The average Bonchev–Trinajstić information content (AvgIpc) is 2.86. The van der Waals surface area contributed by atoms with Crippen molar-refractivity contribution in [1.82, 2.24) is 9.97 Å². The van der Waals surface area contributed by atoms with E-state index in [0.29, 0.717) is 36.0 Å². The van der Waals surface area contributed by atoms with E-state index in [2.05, 4.69) is 20.0 Å². The Morgan fingerprint density at radius 2 is 1.51 bits per heavy atom. The zero-order valence-corrected chi connectivity index (χ0v) is 19.9. The van der Waals surface area contributed by atoms with Crippen LogP contribution < -0.4 is 14.9 Å². The molecule has 9 heteroatoms. The van der Waals surface area contributed by atoms with Crippen LogP contribution in [-0.4, -0.2) is 31.6 Å². The molecule has 0 aliphatic rings. The largest absolute Gasteiger partial charge is 0.755 e. The fraction of sp³-hybridized carbons (Fsp3) is 0.115. The van der Waals surface area contributed by atoms with Gasteiger partial charge in [-0.1, -0.05) is 54.6 Å². The van der Waals surface area contributed by atoms with Crippen molar-refractivity contribution >= 4 is 45.9 Å². The molecule has 1 aromatic heterocycles. The standard InChI is InChI=1S/C26H25N5O3S/c1-31(21-13-11-20(12-14-21)18-22(32)17-19-7-3-2-4-8-19)25-15-16-27-26(29-25)28-23-9-5-6-10-24(23)30-35(33)34/h2-16,30H,17-18H2,1H3,(H,33,34)(H,27,28,29)/p-1. The van der Waals surface area contributed by atoms with Gasteiger partial charge in [-0.05, 0) is 41.5 Å². The molecule has 0 spiro atoms. The second-order valence-corrected chi connectivity index (χ2v) is 8.52. The second-order valence-electron chi connectivity index (χ2n) is 7.85. The summed E-state index contributed by atoms with van der Waals surface area (Å²) in [4.78, 5) is 23.1. The molecular formula is C26H24N5O3S-. The molecule has 0 aliphatic carbocycles. The maximum absolute atomic E-state index is 12.4. The van der Waals surface area contributed by atoms with Crippen molar-refractivity contribution in [1.29, 1.82) is 0 Å². The van der Waals surface area contributed by atoms with Crippen LogP contribution in [0.2, 0.25) is 0 Å². The molecule has 1 heterocycles. The van der Waals surface area contributed by atoms with Gasteiger partial charge in [-0.2, -0.15) is 4.98 Å². The maximum atomic E-state index is 12.4. The van der Waals surface area contributed by atoms with Crippen molar-refractivity contribution in [2.24, 2.45) is 0 Å². The molecule has 0 amide bonds. The van der Waals surface area contributed by atoms with E-state index in [1.54, 1.807) is 36.5 Å². The van der Waals surface area contributed by atoms with E-state index in [-0.39, 0.29) is 5.78 Å². The summed E-state index contributed by atoms with van der Waals surface area (Å²) >= 11 is -2.45. The fourth-order valence-electron chi connectivity index (χ4n) is 3.57. The summed E-state index contributed by atoms with van der Waals surface area (Å²) in [6, 6.07) is 26.2. The number of anilines is 5. The van der Waals surface area contributed by atoms with E-state index >= 15 is 0 Å². The van der Waals surface area contributed by atoms with Gasteiger partial charge in [-0.3, -0.25) is 9.00 Å². The molecular weight excluding hydrogens is 462 g/mol. The van der Waals surface area contributed by atoms with Crippen molar-refractivity contribution in [2.75, 3.05) is 22.0 Å². The number of nitrogens with one attached hydrogen (secondary N) is 2. The lowest BCUT2D eigenvalue weighted by Crippen LogP contribution is -2.13. The van der Waals surface area contributed by atoms with Crippen LogP contribution in [0.3, 0.4) is 0 Å². The molecule has 0 saturated heterocycles. The highest BCUT2D eigenvalue weighted by Gasteiger charge is 2.10. The zero-order chi connectivity index (χ0) is 24.6. The molecule has 35 heavy (non-hydrogen) atoms. The Labute approximate surface area is 206 Å². The number of ketones is 1. The molecule has 2 N–H and O–H groups in total. The number of rotatable bonds is 10. The summed E-state index contributed by atoms with van der Waals surface area (Å²) in [7, 11) is 1.89. The lowest BCUT2D eigenvalue weighted by Gasteiger charge is -2.19. The molecule has 0 saturated carbocycles. The van der Waals surface area contributed by atoms with Gasteiger partial charge in [0.1, 0.15) is 11.6 Å². The van der Waals surface area contributed by atoms with Crippen LogP contribution >= 0.6 is 0 Å². The number of aromatic nitrogens is 2. The highest BCUT2D eigenvalue weighted by atomic mass is 32.2. The molecule has 0 radical (unpaired) electrons. The summed E-state index contributed by atoms with van der Waals surface area (Å²) in [6.07, 6.45) is 2.42. The van der Waals surface area contributed by atoms with Crippen molar-refractivity contribution in [3.8, 4) is 0 Å². The number of hydrogen-bond acceptors (Lipinski definition) is 7. The monoisotopic (exact) mass is 486 g/mol. The van der Waals surface area contributed by atoms with Crippen LogP contribution in [0.4, 0.5) is 28.8 Å². The molecule has 0 bridgehead atoms. The molecule has 1 unspecified atom stereocenters. The molecule has 1 atom stereocenters. The first-order valence-electron chi connectivity index (χ1n) is 10.9. The van der Waals surface area contributed by atoms with Crippen molar-refractivity contribution < 1.29 is 13.6 Å². The minimum Gasteiger partial charge on any atom is -0.755 e. The Morgan fingerprint density at radius 3 is 2.20 bits per heavy atom. The molecule has 3 aromatic carbocycles. The van der Waals surface area contributed by atoms with Crippen LogP contribution in [0, 0.1) is 0 Å². The average molecular weight is 487 g/mol. The molecule has 178 valence electrons. The zero-order valence-electron chi connectivity index (χ0n) is 19.0. The first-order chi connectivity index (χ1) is 17.0. The molecule has 0 aliphatic heterocycles. The fourth-order valence-corrected chi connectivity index (χ4v) is 3.93. The molecule has 4 aromatic rings. The molecule has 4 rings (SSSR count). The number of carbonyl (C=O) groups excluding carboxylic acids is 1. The second kappa shape index (κ2) is 11.4. The van der Waals surface area contributed by atoms with E-state index in [9.17, 15) is 13.6 Å². The van der Waals surface area contributed by atoms with E-state index in [1.807, 2.05) is 66.5 Å². The van der Waals surface area contributed by atoms with Gasteiger partial charge >= 0.3 is 0 Å². The Balaban J connectivity index is 1.42. The van der Waals surface area contributed by atoms with E-state index in [4.69, 9.17) is 0 Å². The van der Waals surface area contributed by atoms with Crippen LogP contribution in [0.5, 0.6) is 0 Å². The van der Waals surface area contributed by atoms with Gasteiger partial charge in [-0.15, -0.1) is 0 Å². The topological polar surface area (TPSA) is 110 Å². The van der Waals surface area contributed by atoms with Gasteiger partial charge in [0.2, 0.25) is 5.95 Å². The SMILES string of the molecule is CN(c1ccc(CC(=O)Cc2ccccc2)cc1)c1ccnc(Nc2ccccc2NS(=O)[O-])n1. The van der Waals surface area contributed by atoms with Gasteiger partial charge in [0.25, 0.3) is 0 Å². The number of Topliss-reactive ketones (excluding diaryl/α,β-unsaturated/α-hetero) is 1. The third kappa shape index (κ3) is 6.72. The number of para-hydroxylation sites is 2. The molecule has 0 fully saturated rings. The third-order valence-electron chi connectivity index (χ3n) is 5.32. The first-order valence-corrected chi connectivity index (χ1v) is 12.0. The van der Waals surface area contributed by atoms with Crippen molar-refractivity contribution in [3.05, 3.63) is 102 Å². The lowest BCUT2D eigenvalue weighted by atomic mass is 10.0. The van der Waals surface area contributed by atoms with Crippen LogP contribution in [0.25, 0.3) is 0 Å². The van der Waals surface area contributed by atoms with Crippen LogP contribution in [-0.2, 0) is 28.9 Å². The minimum atomic E-state index is -2.45. The summed E-state index contributed by atoms with van der Waals surface area (Å²) in [5, 5.41) is 3.05. The van der Waals surface area contributed by atoms with Gasteiger partial charge < -0.3 is 19.5 Å².